The second kappa shape index (κ2) is 17.9. The van der Waals surface area contributed by atoms with Crippen LogP contribution in [0.3, 0.4) is 0 Å². The maximum Gasteiger partial charge on any atom is -0.00381 e. The topological polar surface area (TPSA) is 0 Å². The van der Waals surface area contributed by atoms with Crippen LogP contribution in [0.25, 0.3) is 0 Å². The molecule has 1 aromatic carbocycles. The molecule has 0 radical (unpaired) electrons. The van der Waals surface area contributed by atoms with Crippen LogP contribution in [0.1, 0.15) is 158 Å². The summed E-state index contributed by atoms with van der Waals surface area (Å²) < 4.78 is 0. The van der Waals surface area contributed by atoms with E-state index >= 15 is 0 Å². The summed E-state index contributed by atoms with van der Waals surface area (Å²) in [5.74, 6) is 1.43. The van der Waals surface area contributed by atoms with Gasteiger partial charge >= 0.3 is 0 Å². The number of rotatable bonds is 18. The van der Waals surface area contributed by atoms with Crippen LogP contribution in [0, 0.1) is 11.8 Å². The number of allylic oxidation sites excluding steroid dienone is 8. The smallest absolute Gasteiger partial charge is 0.00381 e. The van der Waals surface area contributed by atoms with Crippen molar-refractivity contribution in [2.45, 2.75) is 158 Å². The predicted octanol–water partition coefficient (Wildman–Crippen LogP) is 13.2. The van der Waals surface area contributed by atoms with Crippen LogP contribution in [-0.2, 0) is 10.8 Å². The zero-order valence-electron chi connectivity index (χ0n) is 28.8. The minimum atomic E-state index is 0.149. The number of benzene rings is 1. The Balaban J connectivity index is 3.39. The predicted molar refractivity (Wildman–Crippen MR) is 183 cm³/mol. The fourth-order valence-corrected chi connectivity index (χ4v) is 5.92. The van der Waals surface area contributed by atoms with Gasteiger partial charge in [-0.15, -0.1) is 0 Å². The fourth-order valence-electron chi connectivity index (χ4n) is 5.92. The van der Waals surface area contributed by atoms with Crippen LogP contribution < -0.4 is 0 Å². The first kappa shape index (κ1) is 36.2. The van der Waals surface area contributed by atoms with Gasteiger partial charge in [-0.05, 0) is 127 Å². The first-order valence-electron chi connectivity index (χ1n) is 16.4. The third kappa shape index (κ3) is 13.2. The van der Waals surface area contributed by atoms with E-state index in [1.54, 1.807) is 0 Å². The molecule has 4 unspecified atom stereocenters. The lowest BCUT2D eigenvalue weighted by Crippen LogP contribution is -2.28. The molecule has 4 atom stereocenters. The van der Waals surface area contributed by atoms with Gasteiger partial charge in [-0.3, -0.25) is 0 Å². The van der Waals surface area contributed by atoms with Gasteiger partial charge < -0.3 is 0 Å². The standard InChI is InChI=1S/C40H66/c1-13-33(7)29-39(11,26-24-35(9)20-15-18-31(3)4)37-22-17-23-38(28-37)40(12,30-34(8)14-2)27-25-36(10)21-16-19-32(5)6/h17-19,22-25,28,33-34H,13-16,20-21,26-27,29-30H2,1-12H3. The van der Waals surface area contributed by atoms with Crippen molar-refractivity contribution in [3.05, 3.63) is 82.0 Å². The molecule has 0 bridgehead atoms. The normalized spacial score (nSPS) is 17.0. The average Bonchev–Trinajstić information content (AvgIpc) is 2.90. The van der Waals surface area contributed by atoms with E-state index in [1.807, 2.05) is 0 Å². The number of hydrogen-bond donors (Lipinski definition) is 0. The Morgan fingerprint density at radius 1 is 0.650 bits per heavy atom. The summed E-state index contributed by atoms with van der Waals surface area (Å²) in [6.07, 6.45) is 21.6. The van der Waals surface area contributed by atoms with Crippen LogP contribution in [-0.4, -0.2) is 0 Å². The van der Waals surface area contributed by atoms with Crippen LogP contribution in [0.15, 0.2) is 70.9 Å². The third-order valence-corrected chi connectivity index (χ3v) is 9.23. The molecule has 0 aliphatic heterocycles. The molecular formula is C40H66. The summed E-state index contributed by atoms with van der Waals surface area (Å²) in [7, 11) is 0. The van der Waals surface area contributed by atoms with Gasteiger partial charge in [0.05, 0.1) is 0 Å². The SMILES string of the molecule is CCC(C)CC(C)(CC=C(C)CCC=C(C)C)c1cccc(C(C)(CC=C(C)CCC=C(C)C)CC(C)CC)c1. The molecule has 0 spiro atoms. The summed E-state index contributed by atoms with van der Waals surface area (Å²) in [4.78, 5) is 0. The Morgan fingerprint density at radius 3 is 1.35 bits per heavy atom. The average molecular weight is 547 g/mol. The molecule has 0 heteroatoms. The molecule has 226 valence electrons. The third-order valence-electron chi connectivity index (χ3n) is 9.23. The van der Waals surface area contributed by atoms with E-state index in [1.165, 1.54) is 59.1 Å². The van der Waals surface area contributed by atoms with Crippen molar-refractivity contribution in [2.75, 3.05) is 0 Å². The van der Waals surface area contributed by atoms with Crippen molar-refractivity contribution in [3.63, 3.8) is 0 Å². The van der Waals surface area contributed by atoms with E-state index in [2.05, 4.69) is 132 Å². The first-order chi connectivity index (χ1) is 18.7. The molecule has 1 rings (SSSR count). The molecule has 1 aromatic rings. The van der Waals surface area contributed by atoms with Crippen LogP contribution in [0.4, 0.5) is 0 Å². The maximum atomic E-state index is 2.60. The number of hydrogen-bond acceptors (Lipinski definition) is 0. The van der Waals surface area contributed by atoms with Gasteiger partial charge in [0.15, 0.2) is 0 Å². The summed E-state index contributed by atoms with van der Waals surface area (Å²) in [6.45, 7) is 28.1. The fraction of sp³-hybridized carbons (Fsp3) is 0.650. The quantitative estimate of drug-likeness (QED) is 0.161. The largest absolute Gasteiger partial charge is 0.0856 e. The molecule has 0 heterocycles. The molecule has 0 N–H and O–H groups in total. The lowest BCUT2D eigenvalue weighted by Gasteiger charge is -2.36. The van der Waals surface area contributed by atoms with Crippen LogP contribution in [0.2, 0.25) is 0 Å². The minimum Gasteiger partial charge on any atom is -0.0856 e. The van der Waals surface area contributed by atoms with Crippen LogP contribution >= 0.6 is 0 Å². The van der Waals surface area contributed by atoms with Crippen molar-refractivity contribution in [1.82, 2.24) is 0 Å². The van der Waals surface area contributed by atoms with Crippen LogP contribution in [0.5, 0.6) is 0 Å². The van der Waals surface area contributed by atoms with E-state index in [0.717, 1.165) is 38.5 Å². The van der Waals surface area contributed by atoms with E-state index in [9.17, 15) is 0 Å². The second-order valence-electron chi connectivity index (χ2n) is 14.3. The molecular weight excluding hydrogens is 480 g/mol. The summed E-state index contributed by atoms with van der Waals surface area (Å²) in [5, 5.41) is 0. The highest BCUT2D eigenvalue weighted by molar-refractivity contribution is 5.36. The lowest BCUT2D eigenvalue weighted by atomic mass is 9.68. The highest BCUT2D eigenvalue weighted by Crippen LogP contribution is 2.41. The van der Waals surface area contributed by atoms with Gasteiger partial charge in [-0.1, -0.05) is 125 Å². The highest BCUT2D eigenvalue weighted by Gasteiger charge is 2.32. The molecule has 40 heavy (non-hydrogen) atoms. The van der Waals surface area contributed by atoms with E-state index in [0.29, 0.717) is 11.8 Å². The van der Waals surface area contributed by atoms with Gasteiger partial charge in [-0.2, -0.15) is 0 Å². The van der Waals surface area contributed by atoms with Gasteiger partial charge in [0, 0.05) is 0 Å². The van der Waals surface area contributed by atoms with Crippen molar-refractivity contribution in [2.24, 2.45) is 11.8 Å². The molecule has 0 amide bonds. The second-order valence-corrected chi connectivity index (χ2v) is 14.3. The molecule has 0 aliphatic carbocycles. The van der Waals surface area contributed by atoms with Gasteiger partial charge in [0.25, 0.3) is 0 Å². The van der Waals surface area contributed by atoms with Crippen molar-refractivity contribution < 1.29 is 0 Å². The lowest BCUT2D eigenvalue weighted by molar-refractivity contribution is 0.338. The monoisotopic (exact) mass is 547 g/mol. The summed E-state index contributed by atoms with van der Waals surface area (Å²) >= 11 is 0. The van der Waals surface area contributed by atoms with Crippen molar-refractivity contribution in [1.29, 1.82) is 0 Å². The molecule has 0 nitrogen and oxygen atoms in total. The molecule has 0 aliphatic rings. The van der Waals surface area contributed by atoms with Crippen molar-refractivity contribution in [3.8, 4) is 0 Å². The Hall–Kier alpha value is -1.82. The summed E-state index contributed by atoms with van der Waals surface area (Å²) in [5.41, 5.74) is 9.25. The zero-order valence-corrected chi connectivity index (χ0v) is 28.8. The Kier molecular flexibility index (Phi) is 16.2. The molecule has 0 aromatic heterocycles. The molecule has 0 fully saturated rings. The molecule has 0 saturated carbocycles. The maximum absolute atomic E-state index is 2.60. The first-order valence-corrected chi connectivity index (χ1v) is 16.4. The Labute approximate surface area is 251 Å². The minimum absolute atomic E-state index is 0.149. The van der Waals surface area contributed by atoms with Crippen molar-refractivity contribution >= 4 is 0 Å². The zero-order chi connectivity index (χ0) is 30.3. The molecule has 0 saturated heterocycles. The van der Waals surface area contributed by atoms with Gasteiger partial charge in [0.2, 0.25) is 0 Å². The van der Waals surface area contributed by atoms with Gasteiger partial charge in [0.1, 0.15) is 0 Å². The Morgan fingerprint density at radius 2 is 1.02 bits per heavy atom. The summed E-state index contributed by atoms with van der Waals surface area (Å²) in [6, 6.07) is 9.79. The van der Waals surface area contributed by atoms with E-state index < -0.39 is 0 Å². The highest BCUT2D eigenvalue weighted by atomic mass is 14.4. The van der Waals surface area contributed by atoms with Gasteiger partial charge in [-0.25, -0.2) is 0 Å². The van der Waals surface area contributed by atoms with E-state index in [4.69, 9.17) is 0 Å². The van der Waals surface area contributed by atoms with E-state index in [-0.39, 0.29) is 10.8 Å². The Bertz CT molecular complexity index is 913.